The van der Waals surface area contributed by atoms with E-state index in [1.54, 1.807) is 33.1 Å². The van der Waals surface area contributed by atoms with Gasteiger partial charge in [-0.1, -0.05) is 30.3 Å². The Bertz CT molecular complexity index is 606. The molecule has 0 aromatic heterocycles. The van der Waals surface area contributed by atoms with E-state index in [1.165, 1.54) is 6.07 Å². The molecule has 0 aliphatic rings. The van der Waals surface area contributed by atoms with Gasteiger partial charge in [-0.2, -0.15) is 0 Å². The molecule has 0 aliphatic heterocycles. The number of hydrogen-bond acceptors (Lipinski definition) is 2. The molecule has 106 valence electrons. The Morgan fingerprint density at radius 2 is 1.90 bits per heavy atom. The van der Waals surface area contributed by atoms with E-state index in [0.29, 0.717) is 17.5 Å². The fraction of sp³-hybridized carbons (Fsp3) is 0.294. The summed E-state index contributed by atoms with van der Waals surface area (Å²) >= 11 is 0. The Labute approximate surface area is 118 Å². The number of hydrogen-bond donors (Lipinski definition) is 1. The van der Waals surface area contributed by atoms with Crippen molar-refractivity contribution in [3.63, 3.8) is 0 Å². The second kappa shape index (κ2) is 5.63. The predicted molar refractivity (Wildman–Crippen MR) is 77.4 cm³/mol. The van der Waals surface area contributed by atoms with Gasteiger partial charge in [-0.05, 0) is 42.7 Å². The first-order valence-corrected chi connectivity index (χ1v) is 6.55. The molecule has 1 unspecified atom stereocenters. The van der Waals surface area contributed by atoms with E-state index in [1.807, 2.05) is 24.3 Å². The van der Waals surface area contributed by atoms with Crippen LogP contribution in [0.3, 0.4) is 0 Å². The topological polar surface area (TPSA) is 29.5 Å². The van der Waals surface area contributed by atoms with Crippen molar-refractivity contribution in [2.24, 2.45) is 0 Å². The lowest BCUT2D eigenvalue weighted by Gasteiger charge is -2.25. The van der Waals surface area contributed by atoms with Gasteiger partial charge in [0.1, 0.15) is 11.6 Å². The average molecular weight is 274 g/mol. The van der Waals surface area contributed by atoms with Crippen LogP contribution in [0.25, 0.3) is 0 Å². The monoisotopic (exact) mass is 274 g/mol. The van der Waals surface area contributed by atoms with Crippen LogP contribution in [0.1, 0.15) is 23.6 Å². The second-order valence-corrected chi connectivity index (χ2v) is 5.23. The summed E-state index contributed by atoms with van der Waals surface area (Å²) < 4.78 is 18.9. The van der Waals surface area contributed by atoms with Gasteiger partial charge < -0.3 is 9.84 Å². The fourth-order valence-electron chi connectivity index (χ4n) is 2.25. The van der Waals surface area contributed by atoms with Gasteiger partial charge in [0.2, 0.25) is 0 Å². The van der Waals surface area contributed by atoms with Crippen LogP contribution in [0.4, 0.5) is 4.39 Å². The molecule has 2 rings (SSSR count). The summed E-state index contributed by atoms with van der Waals surface area (Å²) in [7, 11) is 1.60. The van der Waals surface area contributed by atoms with Crippen molar-refractivity contribution < 1.29 is 14.2 Å². The normalized spacial score (nSPS) is 13.8. The molecule has 2 nitrogen and oxygen atoms in total. The van der Waals surface area contributed by atoms with Crippen LogP contribution in [0.2, 0.25) is 0 Å². The van der Waals surface area contributed by atoms with Crippen LogP contribution in [-0.4, -0.2) is 12.2 Å². The highest BCUT2D eigenvalue weighted by molar-refractivity contribution is 5.36. The molecule has 20 heavy (non-hydrogen) atoms. The molecule has 1 atom stereocenters. The number of benzene rings is 2. The number of aryl methyl sites for hydroxylation is 1. The zero-order chi connectivity index (χ0) is 14.8. The summed E-state index contributed by atoms with van der Waals surface area (Å²) in [6.07, 6.45) is 0.361. The van der Waals surface area contributed by atoms with Crippen molar-refractivity contribution in [2.75, 3.05) is 7.11 Å². The zero-order valence-corrected chi connectivity index (χ0v) is 12.0. The van der Waals surface area contributed by atoms with Crippen molar-refractivity contribution in [3.05, 3.63) is 65.0 Å². The summed E-state index contributed by atoms with van der Waals surface area (Å²) in [5.41, 5.74) is 0.873. The van der Waals surface area contributed by atoms with Crippen LogP contribution in [0.5, 0.6) is 5.75 Å². The summed E-state index contributed by atoms with van der Waals surface area (Å²) in [5, 5.41) is 10.7. The van der Waals surface area contributed by atoms with Gasteiger partial charge in [0.05, 0.1) is 12.7 Å². The van der Waals surface area contributed by atoms with Crippen LogP contribution in [-0.2, 0) is 12.0 Å². The van der Waals surface area contributed by atoms with Crippen molar-refractivity contribution in [1.29, 1.82) is 0 Å². The minimum atomic E-state index is -1.15. The molecule has 3 heteroatoms. The Morgan fingerprint density at radius 3 is 2.55 bits per heavy atom. The van der Waals surface area contributed by atoms with E-state index in [4.69, 9.17) is 4.74 Å². The molecule has 0 spiro atoms. The molecule has 2 aromatic rings. The van der Waals surface area contributed by atoms with E-state index in [-0.39, 0.29) is 5.82 Å². The first kappa shape index (κ1) is 14.5. The van der Waals surface area contributed by atoms with Gasteiger partial charge in [-0.15, -0.1) is 0 Å². The maximum Gasteiger partial charge on any atom is 0.126 e. The van der Waals surface area contributed by atoms with Crippen LogP contribution < -0.4 is 4.74 Å². The summed E-state index contributed by atoms with van der Waals surface area (Å²) in [6.45, 7) is 3.39. The predicted octanol–water partition coefficient (Wildman–Crippen LogP) is 3.59. The molecule has 0 saturated carbocycles. The summed E-state index contributed by atoms with van der Waals surface area (Å²) in [4.78, 5) is 0. The van der Waals surface area contributed by atoms with Gasteiger partial charge in [0.25, 0.3) is 0 Å². The molecule has 0 radical (unpaired) electrons. The lowest BCUT2D eigenvalue weighted by Crippen LogP contribution is -2.24. The maximum absolute atomic E-state index is 13.7. The van der Waals surface area contributed by atoms with Gasteiger partial charge in [-0.3, -0.25) is 0 Å². The van der Waals surface area contributed by atoms with Crippen LogP contribution in [0.15, 0.2) is 42.5 Å². The third-order valence-electron chi connectivity index (χ3n) is 3.52. The number of rotatable bonds is 4. The van der Waals surface area contributed by atoms with E-state index in [0.717, 1.165) is 11.3 Å². The van der Waals surface area contributed by atoms with Gasteiger partial charge >= 0.3 is 0 Å². The minimum Gasteiger partial charge on any atom is -0.496 e. The molecular weight excluding hydrogens is 255 g/mol. The van der Waals surface area contributed by atoms with Gasteiger partial charge in [0.15, 0.2) is 0 Å². The molecule has 0 heterocycles. The SMILES string of the molecule is COc1ccccc1CC(C)(O)c1ccc(C)c(F)c1. The van der Waals surface area contributed by atoms with E-state index >= 15 is 0 Å². The Balaban J connectivity index is 2.32. The molecule has 0 saturated heterocycles. The highest BCUT2D eigenvalue weighted by Crippen LogP contribution is 2.30. The molecule has 0 amide bonds. The largest absolute Gasteiger partial charge is 0.496 e. The van der Waals surface area contributed by atoms with Gasteiger partial charge in [-0.25, -0.2) is 4.39 Å². The number of methoxy groups -OCH3 is 1. The zero-order valence-electron chi connectivity index (χ0n) is 12.0. The highest BCUT2D eigenvalue weighted by Gasteiger charge is 2.25. The van der Waals surface area contributed by atoms with Crippen LogP contribution >= 0.6 is 0 Å². The second-order valence-electron chi connectivity index (χ2n) is 5.23. The maximum atomic E-state index is 13.7. The minimum absolute atomic E-state index is 0.303. The quantitative estimate of drug-likeness (QED) is 0.923. The van der Waals surface area contributed by atoms with Gasteiger partial charge in [0, 0.05) is 6.42 Å². The smallest absolute Gasteiger partial charge is 0.126 e. The number of ether oxygens (including phenoxy) is 1. The standard InChI is InChI=1S/C17H19FO2/c1-12-8-9-14(10-15(12)18)17(2,19)11-13-6-4-5-7-16(13)20-3/h4-10,19H,11H2,1-3H3. The third-order valence-corrected chi connectivity index (χ3v) is 3.52. The molecule has 0 fully saturated rings. The van der Waals surface area contributed by atoms with E-state index in [2.05, 4.69) is 0 Å². The molecular formula is C17H19FO2. The third kappa shape index (κ3) is 2.99. The van der Waals surface area contributed by atoms with Crippen molar-refractivity contribution in [3.8, 4) is 5.75 Å². The molecule has 2 aromatic carbocycles. The fourth-order valence-corrected chi connectivity index (χ4v) is 2.25. The number of aliphatic hydroxyl groups is 1. The number of para-hydroxylation sites is 1. The number of halogens is 1. The lowest BCUT2D eigenvalue weighted by atomic mass is 9.88. The Hall–Kier alpha value is -1.87. The van der Waals surface area contributed by atoms with Crippen molar-refractivity contribution in [1.82, 2.24) is 0 Å². The summed E-state index contributed by atoms with van der Waals surface area (Å²) in [5.74, 6) is 0.420. The first-order valence-electron chi connectivity index (χ1n) is 6.55. The Morgan fingerprint density at radius 1 is 1.20 bits per heavy atom. The van der Waals surface area contributed by atoms with Crippen molar-refractivity contribution >= 4 is 0 Å². The summed E-state index contributed by atoms with van der Waals surface area (Å²) in [6, 6.07) is 12.4. The average Bonchev–Trinajstić information content (AvgIpc) is 2.42. The van der Waals surface area contributed by atoms with E-state index in [9.17, 15) is 9.50 Å². The van der Waals surface area contributed by atoms with E-state index < -0.39 is 5.60 Å². The van der Waals surface area contributed by atoms with Crippen molar-refractivity contribution in [2.45, 2.75) is 25.9 Å². The lowest BCUT2D eigenvalue weighted by molar-refractivity contribution is 0.0566. The van der Waals surface area contributed by atoms with Crippen LogP contribution in [0, 0.1) is 12.7 Å². The molecule has 0 aliphatic carbocycles. The highest BCUT2D eigenvalue weighted by atomic mass is 19.1. The molecule has 0 bridgehead atoms. The first-order chi connectivity index (χ1) is 9.44. The Kier molecular flexibility index (Phi) is 4.09. The molecule has 1 N–H and O–H groups in total.